The number of hydrogen-bond acceptors (Lipinski definition) is 1. The molecule has 0 spiro atoms. The summed E-state index contributed by atoms with van der Waals surface area (Å²) in [6.07, 6.45) is 2.88. The number of hydrogen-bond donors (Lipinski definition) is 0. The molecular weight excluding hydrogens is 262 g/mol. The van der Waals surface area contributed by atoms with Crippen LogP contribution >= 0.6 is 0 Å². The Kier molecular flexibility index (Phi) is 3.60. The van der Waals surface area contributed by atoms with E-state index in [4.69, 9.17) is 0 Å². The second kappa shape index (κ2) is 4.71. The zero-order chi connectivity index (χ0) is 15.2. The lowest BCUT2D eigenvalue weighted by Gasteiger charge is -2.55. The molecule has 0 unspecified atom stereocenters. The van der Waals surface area contributed by atoms with Gasteiger partial charge in [-0.25, -0.2) is 0 Å². The Morgan fingerprint density at radius 3 is 1.95 bits per heavy atom. The highest BCUT2D eigenvalue weighted by Gasteiger charge is 2.43. The fourth-order valence-corrected chi connectivity index (χ4v) is 3.62. The molecule has 1 heterocycles. The lowest BCUT2D eigenvalue weighted by molar-refractivity contribution is 0.244. The van der Waals surface area contributed by atoms with Gasteiger partial charge in [-0.3, -0.25) is 0 Å². The first-order chi connectivity index (χ1) is 9.06. The topological polar surface area (TPSA) is 3.24 Å². The van der Waals surface area contributed by atoms with Gasteiger partial charge in [-0.05, 0) is 53.0 Å². The molecule has 0 atom stereocenters. The van der Waals surface area contributed by atoms with Gasteiger partial charge >= 0.3 is 6.98 Å². The van der Waals surface area contributed by atoms with Gasteiger partial charge < -0.3 is 17.8 Å². The van der Waals surface area contributed by atoms with Gasteiger partial charge in [0.2, 0.25) is 0 Å². The van der Waals surface area contributed by atoms with Gasteiger partial charge in [0.1, 0.15) is 0 Å². The highest BCUT2D eigenvalue weighted by molar-refractivity contribution is 6.75. The van der Waals surface area contributed by atoms with Gasteiger partial charge in [-0.1, -0.05) is 23.7 Å². The Labute approximate surface area is 119 Å². The van der Waals surface area contributed by atoms with Crippen molar-refractivity contribution in [2.75, 3.05) is 4.90 Å². The van der Waals surface area contributed by atoms with E-state index in [0.29, 0.717) is 5.69 Å². The molecule has 0 N–H and O–H groups in total. The number of anilines is 1. The Balaban J connectivity index is 2.59. The minimum Gasteiger partial charge on any atom is -0.445 e. The van der Waals surface area contributed by atoms with Crippen molar-refractivity contribution in [2.24, 2.45) is 0 Å². The zero-order valence-electron chi connectivity index (χ0n) is 12.6. The summed E-state index contributed by atoms with van der Waals surface area (Å²) in [5.41, 5.74) is -0.677. The van der Waals surface area contributed by atoms with E-state index in [-0.39, 0.29) is 11.1 Å². The van der Waals surface area contributed by atoms with E-state index in [9.17, 15) is 12.9 Å². The predicted octanol–water partition coefficient (Wildman–Crippen LogP) is 4.29. The molecule has 1 saturated heterocycles. The van der Waals surface area contributed by atoms with Crippen LogP contribution in [0.4, 0.5) is 18.6 Å². The van der Waals surface area contributed by atoms with Crippen molar-refractivity contribution in [1.29, 1.82) is 0 Å². The molecule has 0 aliphatic carbocycles. The largest absolute Gasteiger partial charge is 0.511 e. The maximum Gasteiger partial charge on any atom is 0.511 e. The summed E-state index contributed by atoms with van der Waals surface area (Å²) in [6, 6.07) is 5.98. The maximum atomic E-state index is 13.3. The van der Waals surface area contributed by atoms with Gasteiger partial charge in [0.25, 0.3) is 0 Å². The van der Waals surface area contributed by atoms with Gasteiger partial charge in [-0.15, -0.1) is 0 Å². The fraction of sp³-hybridized carbons (Fsp3) is 0.600. The van der Waals surface area contributed by atoms with Crippen molar-refractivity contribution < 1.29 is 12.9 Å². The third-order valence-electron chi connectivity index (χ3n) is 4.32. The quantitative estimate of drug-likeness (QED) is 0.732. The molecule has 1 aromatic rings. The third-order valence-corrected chi connectivity index (χ3v) is 4.32. The van der Waals surface area contributed by atoms with Crippen molar-refractivity contribution in [1.82, 2.24) is 0 Å². The van der Waals surface area contributed by atoms with Crippen molar-refractivity contribution >= 4 is 18.1 Å². The van der Waals surface area contributed by atoms with E-state index in [0.717, 1.165) is 19.3 Å². The van der Waals surface area contributed by atoms with Crippen LogP contribution < -0.4 is 10.4 Å². The third kappa shape index (κ3) is 2.67. The molecule has 1 aliphatic heterocycles. The minimum atomic E-state index is -5.00. The van der Waals surface area contributed by atoms with Crippen LogP contribution in [-0.4, -0.2) is 18.1 Å². The lowest BCUT2D eigenvalue weighted by Crippen LogP contribution is -2.61. The van der Waals surface area contributed by atoms with E-state index in [1.165, 1.54) is 12.1 Å². The Morgan fingerprint density at radius 1 is 0.950 bits per heavy atom. The second-order valence-electron chi connectivity index (χ2n) is 6.95. The summed E-state index contributed by atoms with van der Waals surface area (Å²) in [7, 11) is 0. The molecule has 0 amide bonds. The molecule has 20 heavy (non-hydrogen) atoms. The van der Waals surface area contributed by atoms with Crippen molar-refractivity contribution in [2.45, 2.75) is 58.0 Å². The molecule has 2 rings (SSSR count). The van der Waals surface area contributed by atoms with Crippen LogP contribution in [0.15, 0.2) is 24.3 Å². The van der Waals surface area contributed by atoms with Crippen LogP contribution in [-0.2, 0) is 0 Å². The summed E-state index contributed by atoms with van der Waals surface area (Å²) >= 11 is 0. The van der Waals surface area contributed by atoms with E-state index >= 15 is 0 Å². The molecular formula is C15H22BF3N-. The molecule has 0 radical (unpaired) electrons. The Bertz CT molecular complexity index is 478. The summed E-state index contributed by atoms with van der Waals surface area (Å²) in [5, 5.41) is 0. The van der Waals surface area contributed by atoms with Gasteiger partial charge in [0.15, 0.2) is 0 Å². The van der Waals surface area contributed by atoms with Crippen molar-refractivity contribution in [3.63, 3.8) is 0 Å². The lowest BCUT2D eigenvalue weighted by atomic mass is 9.74. The molecule has 1 aromatic carbocycles. The first-order valence-electron chi connectivity index (χ1n) is 7.15. The number of nitrogens with zero attached hydrogens (tertiary/aromatic N) is 1. The number of para-hydroxylation sites is 1. The maximum absolute atomic E-state index is 13.3. The molecule has 1 aliphatic rings. The minimum absolute atomic E-state index is 0.265. The number of benzene rings is 1. The Hall–Kier alpha value is -1.13. The first kappa shape index (κ1) is 15.3. The van der Waals surface area contributed by atoms with E-state index in [2.05, 4.69) is 0 Å². The Morgan fingerprint density at radius 2 is 1.45 bits per heavy atom. The monoisotopic (exact) mass is 284 g/mol. The second-order valence-corrected chi connectivity index (χ2v) is 6.95. The molecule has 112 valence electrons. The van der Waals surface area contributed by atoms with Gasteiger partial charge in [0.05, 0.1) is 0 Å². The number of piperidine rings is 1. The average Bonchev–Trinajstić information content (AvgIpc) is 2.25. The normalized spacial score (nSPS) is 21.9. The van der Waals surface area contributed by atoms with E-state index < -0.39 is 12.4 Å². The summed E-state index contributed by atoms with van der Waals surface area (Å²) in [4.78, 5) is 1.98. The fourth-order valence-electron chi connectivity index (χ4n) is 3.62. The van der Waals surface area contributed by atoms with Gasteiger partial charge in [0, 0.05) is 16.8 Å². The zero-order valence-corrected chi connectivity index (χ0v) is 12.6. The smallest absolute Gasteiger partial charge is 0.445 e. The van der Waals surface area contributed by atoms with Crippen LogP contribution in [0.3, 0.4) is 0 Å². The SMILES string of the molecule is CC1(C)CCCC(C)(C)N1c1ccccc1[B-](F)(F)F. The standard InChI is InChI=1S/C15H22BF3N/c1-14(2)10-7-11-15(3,4)20(14)13-9-6-5-8-12(13)16(17,18)19/h5-6,8-9H,7,10-11H2,1-4H3/q-1. The number of rotatable bonds is 2. The summed E-state index contributed by atoms with van der Waals surface area (Å²) < 4.78 is 40.0. The molecule has 1 fully saturated rings. The van der Waals surface area contributed by atoms with Crippen LogP contribution in [0.25, 0.3) is 0 Å². The van der Waals surface area contributed by atoms with Crippen LogP contribution in [0.2, 0.25) is 0 Å². The van der Waals surface area contributed by atoms with Crippen LogP contribution in [0.5, 0.6) is 0 Å². The summed E-state index contributed by atoms with van der Waals surface area (Å²) in [6.45, 7) is 3.14. The van der Waals surface area contributed by atoms with Crippen LogP contribution in [0, 0.1) is 0 Å². The molecule has 1 nitrogen and oxygen atoms in total. The van der Waals surface area contributed by atoms with Gasteiger partial charge in [-0.2, -0.15) is 0 Å². The average molecular weight is 284 g/mol. The predicted molar refractivity (Wildman–Crippen MR) is 79.6 cm³/mol. The first-order valence-corrected chi connectivity index (χ1v) is 7.15. The number of halogens is 3. The van der Waals surface area contributed by atoms with Crippen molar-refractivity contribution in [3.05, 3.63) is 24.3 Å². The van der Waals surface area contributed by atoms with E-state index in [1.807, 2.05) is 32.6 Å². The van der Waals surface area contributed by atoms with Crippen LogP contribution in [0.1, 0.15) is 47.0 Å². The van der Waals surface area contributed by atoms with E-state index in [1.54, 1.807) is 12.1 Å². The molecule has 0 aromatic heterocycles. The highest BCUT2D eigenvalue weighted by Crippen LogP contribution is 2.41. The highest BCUT2D eigenvalue weighted by atomic mass is 19.4. The summed E-state index contributed by atoms with van der Waals surface area (Å²) in [5.74, 6) is 0. The molecule has 0 saturated carbocycles. The molecule has 0 bridgehead atoms. The van der Waals surface area contributed by atoms with Crippen molar-refractivity contribution in [3.8, 4) is 0 Å². The molecule has 5 heteroatoms.